The lowest BCUT2D eigenvalue weighted by molar-refractivity contribution is 0.581. The highest BCUT2D eigenvalue weighted by atomic mass is 32.2. The van der Waals surface area contributed by atoms with Gasteiger partial charge in [0.15, 0.2) is 0 Å². The van der Waals surface area contributed by atoms with Gasteiger partial charge in [-0.05, 0) is 49.2 Å². The van der Waals surface area contributed by atoms with Crippen molar-refractivity contribution < 1.29 is 8.42 Å². The van der Waals surface area contributed by atoms with E-state index < -0.39 is 10.0 Å². The van der Waals surface area contributed by atoms with E-state index in [2.05, 4.69) is 14.7 Å². The summed E-state index contributed by atoms with van der Waals surface area (Å²) in [5.74, 6) is 0. The highest BCUT2D eigenvalue weighted by Crippen LogP contribution is 2.21. The Morgan fingerprint density at radius 2 is 1.84 bits per heavy atom. The first-order chi connectivity index (χ1) is 12.0. The fraction of sp³-hybridized carbons (Fsp3) is 0.222. The molecule has 0 atom stereocenters. The molecule has 2 heterocycles. The van der Waals surface area contributed by atoms with Crippen LogP contribution in [0, 0.1) is 13.8 Å². The first kappa shape index (κ1) is 17.7. The number of sulfonamides is 1. The molecule has 1 aromatic carbocycles. The molecule has 0 amide bonds. The average molecular weight is 374 g/mol. The van der Waals surface area contributed by atoms with Crippen LogP contribution in [0.5, 0.6) is 0 Å². The zero-order chi connectivity index (χ0) is 17.9. The van der Waals surface area contributed by atoms with Crippen LogP contribution in [0.2, 0.25) is 0 Å². The van der Waals surface area contributed by atoms with Gasteiger partial charge in [-0.15, -0.1) is 11.3 Å². The summed E-state index contributed by atoms with van der Waals surface area (Å²) in [4.78, 5) is 8.85. The summed E-state index contributed by atoms with van der Waals surface area (Å²) in [7, 11) is -3.50. The molecule has 0 radical (unpaired) electrons. The third-order valence-electron chi connectivity index (χ3n) is 3.95. The van der Waals surface area contributed by atoms with Crippen molar-refractivity contribution in [3.8, 4) is 11.3 Å². The molecule has 0 spiro atoms. The third kappa shape index (κ3) is 4.31. The monoisotopic (exact) mass is 373 g/mol. The molecule has 0 aliphatic rings. The number of pyridine rings is 1. The van der Waals surface area contributed by atoms with Gasteiger partial charge in [-0.2, -0.15) is 0 Å². The predicted molar refractivity (Wildman–Crippen MR) is 100 cm³/mol. The summed E-state index contributed by atoms with van der Waals surface area (Å²) in [6, 6.07) is 8.96. The second kappa shape index (κ2) is 7.43. The Morgan fingerprint density at radius 1 is 1.08 bits per heavy atom. The van der Waals surface area contributed by atoms with Crippen LogP contribution in [0.4, 0.5) is 0 Å². The van der Waals surface area contributed by atoms with E-state index in [0.717, 1.165) is 27.4 Å². The van der Waals surface area contributed by atoms with Crippen molar-refractivity contribution in [2.75, 3.05) is 6.54 Å². The predicted octanol–water partition coefficient (Wildman–Crippen LogP) is 3.34. The Labute approximate surface area is 151 Å². The largest absolute Gasteiger partial charge is 0.265 e. The number of rotatable bonds is 6. The second-order valence-electron chi connectivity index (χ2n) is 5.76. The Balaban J connectivity index is 1.63. The third-order valence-corrected chi connectivity index (χ3v) is 6.31. The van der Waals surface area contributed by atoms with Crippen LogP contribution in [0.1, 0.15) is 16.1 Å². The molecule has 130 valence electrons. The second-order valence-corrected chi connectivity index (χ2v) is 8.47. The Hall–Kier alpha value is -2.09. The van der Waals surface area contributed by atoms with Gasteiger partial charge in [0.1, 0.15) is 0 Å². The Kier molecular flexibility index (Phi) is 5.27. The van der Waals surface area contributed by atoms with E-state index in [1.54, 1.807) is 24.5 Å². The summed E-state index contributed by atoms with van der Waals surface area (Å²) in [5, 5.41) is 2.87. The number of hydrogen-bond acceptors (Lipinski definition) is 5. The van der Waals surface area contributed by atoms with E-state index in [9.17, 15) is 8.42 Å². The zero-order valence-corrected chi connectivity index (χ0v) is 15.7. The molecule has 25 heavy (non-hydrogen) atoms. The number of benzene rings is 1. The fourth-order valence-corrected chi connectivity index (χ4v) is 4.26. The van der Waals surface area contributed by atoms with Crippen molar-refractivity contribution in [3.63, 3.8) is 0 Å². The Bertz CT molecular complexity index is 967. The van der Waals surface area contributed by atoms with Crippen molar-refractivity contribution >= 4 is 21.4 Å². The maximum atomic E-state index is 12.4. The zero-order valence-electron chi connectivity index (χ0n) is 14.1. The van der Waals surface area contributed by atoms with E-state index >= 15 is 0 Å². The fourth-order valence-electron chi connectivity index (χ4n) is 2.34. The quantitative estimate of drug-likeness (QED) is 0.719. The topological polar surface area (TPSA) is 72.0 Å². The van der Waals surface area contributed by atoms with Gasteiger partial charge in [0.25, 0.3) is 0 Å². The molecule has 1 N–H and O–H groups in total. The van der Waals surface area contributed by atoms with E-state index in [1.165, 1.54) is 11.3 Å². The molecular weight excluding hydrogens is 354 g/mol. The molecule has 0 unspecified atom stereocenters. The van der Waals surface area contributed by atoms with Gasteiger partial charge in [-0.25, -0.2) is 18.1 Å². The van der Waals surface area contributed by atoms with Crippen LogP contribution >= 0.6 is 11.3 Å². The smallest absolute Gasteiger partial charge is 0.240 e. The van der Waals surface area contributed by atoms with Crippen molar-refractivity contribution in [2.45, 2.75) is 25.2 Å². The molecule has 0 fully saturated rings. The van der Waals surface area contributed by atoms with Crippen LogP contribution in [0.25, 0.3) is 11.3 Å². The first-order valence-electron chi connectivity index (χ1n) is 7.87. The highest BCUT2D eigenvalue weighted by molar-refractivity contribution is 7.89. The number of nitrogens with zero attached hydrogens (tertiary/aromatic N) is 2. The van der Waals surface area contributed by atoms with Crippen molar-refractivity contribution in [2.24, 2.45) is 0 Å². The minimum atomic E-state index is -3.50. The van der Waals surface area contributed by atoms with Gasteiger partial charge in [0.05, 0.1) is 15.6 Å². The van der Waals surface area contributed by atoms with Crippen LogP contribution in [0.3, 0.4) is 0 Å². The molecule has 0 bridgehead atoms. The summed E-state index contributed by atoms with van der Waals surface area (Å²) in [6.07, 6.45) is 4.01. The molecule has 0 saturated carbocycles. The lowest BCUT2D eigenvalue weighted by atomic mass is 10.1. The summed E-state index contributed by atoms with van der Waals surface area (Å²) < 4.78 is 27.4. The summed E-state index contributed by atoms with van der Waals surface area (Å²) in [6.45, 7) is 4.19. The minimum Gasteiger partial charge on any atom is -0.265 e. The summed E-state index contributed by atoms with van der Waals surface area (Å²) in [5.41, 5.74) is 3.93. The van der Waals surface area contributed by atoms with Crippen LogP contribution in [-0.2, 0) is 16.4 Å². The highest BCUT2D eigenvalue weighted by Gasteiger charge is 2.14. The summed E-state index contributed by atoms with van der Waals surface area (Å²) >= 11 is 1.53. The Morgan fingerprint density at radius 3 is 2.56 bits per heavy atom. The molecule has 0 saturated heterocycles. The molecule has 5 nitrogen and oxygen atoms in total. The van der Waals surface area contributed by atoms with E-state index in [1.807, 2.05) is 37.4 Å². The number of hydrogen-bond donors (Lipinski definition) is 1. The van der Waals surface area contributed by atoms with Gasteiger partial charge in [0.2, 0.25) is 10.0 Å². The van der Waals surface area contributed by atoms with Gasteiger partial charge in [-0.1, -0.05) is 6.07 Å². The van der Waals surface area contributed by atoms with Crippen LogP contribution < -0.4 is 4.72 Å². The van der Waals surface area contributed by atoms with Crippen molar-refractivity contribution in [1.29, 1.82) is 0 Å². The van der Waals surface area contributed by atoms with Crippen LogP contribution in [-0.4, -0.2) is 24.9 Å². The number of aryl methyl sites for hydroxylation is 2. The molecule has 3 rings (SSSR count). The molecule has 2 aromatic heterocycles. The normalized spacial score (nSPS) is 11.6. The van der Waals surface area contributed by atoms with Crippen molar-refractivity contribution in [3.05, 3.63) is 64.2 Å². The SMILES string of the molecule is Cc1ccc(S(=O)(=O)NCCc2nc(-c3ccncc3)cs2)cc1C. The molecule has 0 aliphatic carbocycles. The van der Waals surface area contributed by atoms with E-state index in [-0.39, 0.29) is 0 Å². The maximum Gasteiger partial charge on any atom is 0.240 e. The average Bonchev–Trinajstić information content (AvgIpc) is 3.07. The number of nitrogens with one attached hydrogen (secondary N) is 1. The lowest BCUT2D eigenvalue weighted by Gasteiger charge is -2.08. The van der Waals surface area contributed by atoms with Gasteiger partial charge in [0, 0.05) is 36.3 Å². The van der Waals surface area contributed by atoms with Gasteiger partial charge >= 0.3 is 0 Å². The molecule has 0 aliphatic heterocycles. The molecule has 3 aromatic rings. The number of thiazole rings is 1. The van der Waals surface area contributed by atoms with Crippen LogP contribution in [0.15, 0.2) is 53.0 Å². The standard InChI is InChI=1S/C18H19N3O2S2/c1-13-3-4-16(11-14(13)2)25(22,23)20-10-7-18-21-17(12-24-18)15-5-8-19-9-6-15/h3-6,8-9,11-12,20H,7,10H2,1-2H3. The first-order valence-corrected chi connectivity index (χ1v) is 10.2. The van der Waals surface area contributed by atoms with Gasteiger partial charge < -0.3 is 0 Å². The molecular formula is C18H19N3O2S2. The lowest BCUT2D eigenvalue weighted by Crippen LogP contribution is -2.26. The van der Waals surface area contributed by atoms with E-state index in [4.69, 9.17) is 0 Å². The van der Waals surface area contributed by atoms with Crippen molar-refractivity contribution in [1.82, 2.24) is 14.7 Å². The maximum absolute atomic E-state index is 12.4. The molecule has 7 heteroatoms. The minimum absolute atomic E-state index is 0.298. The number of aromatic nitrogens is 2. The van der Waals surface area contributed by atoms with E-state index in [0.29, 0.717) is 17.9 Å². The van der Waals surface area contributed by atoms with Gasteiger partial charge in [-0.3, -0.25) is 4.98 Å².